The Balaban J connectivity index is 2.10. The predicted octanol–water partition coefficient (Wildman–Crippen LogP) is 2.96. The second kappa shape index (κ2) is 6.42. The van der Waals surface area contributed by atoms with Gasteiger partial charge in [-0.25, -0.2) is 4.68 Å². The number of aromatic nitrogens is 4. The topological polar surface area (TPSA) is 96.6 Å². The van der Waals surface area contributed by atoms with Crippen molar-refractivity contribution in [2.24, 2.45) is 0 Å². The van der Waals surface area contributed by atoms with Gasteiger partial charge in [0.15, 0.2) is 0 Å². The van der Waals surface area contributed by atoms with Gasteiger partial charge in [-0.05, 0) is 36.8 Å². The maximum Gasteiger partial charge on any atom is 0.266 e. The molecule has 7 heteroatoms. The third kappa shape index (κ3) is 2.64. The van der Waals surface area contributed by atoms with Crippen LogP contribution >= 0.6 is 0 Å². The number of hydrogen-bond donors (Lipinski definition) is 1. The summed E-state index contributed by atoms with van der Waals surface area (Å²) in [6.07, 6.45) is 0. The van der Waals surface area contributed by atoms with Crippen LogP contribution in [0.25, 0.3) is 27.8 Å². The minimum Gasteiger partial charge on any atom is -0.497 e. The van der Waals surface area contributed by atoms with Gasteiger partial charge in [-0.3, -0.25) is 4.79 Å². The van der Waals surface area contributed by atoms with E-state index in [-0.39, 0.29) is 5.56 Å². The summed E-state index contributed by atoms with van der Waals surface area (Å²) in [6.45, 7) is 1.78. The van der Waals surface area contributed by atoms with Crippen LogP contribution in [0.15, 0.2) is 53.3 Å². The van der Waals surface area contributed by atoms with Crippen LogP contribution in [0, 0.1) is 18.3 Å². The fraction of sp³-hybridized carbons (Fsp3) is 0.100. The third-order valence-electron chi connectivity index (χ3n) is 4.42. The molecule has 1 N–H and O–H groups in total. The number of methoxy groups -OCH3 is 1. The SMILES string of the molecule is COc1ccc(-c2c(-n3nnc4ccccc43)c(C)[nH]c(=O)c2C#N)cc1. The van der Waals surface area contributed by atoms with Gasteiger partial charge >= 0.3 is 0 Å². The Labute approximate surface area is 154 Å². The van der Waals surface area contributed by atoms with E-state index in [1.54, 1.807) is 30.8 Å². The summed E-state index contributed by atoms with van der Waals surface area (Å²) in [5.41, 5.74) is 3.54. The van der Waals surface area contributed by atoms with Gasteiger partial charge in [0.05, 0.1) is 18.3 Å². The average Bonchev–Trinajstić information content (AvgIpc) is 3.11. The molecule has 0 bridgehead atoms. The molecule has 4 aromatic rings. The highest BCUT2D eigenvalue weighted by Crippen LogP contribution is 2.32. The highest BCUT2D eigenvalue weighted by Gasteiger charge is 2.21. The van der Waals surface area contributed by atoms with E-state index in [4.69, 9.17) is 4.74 Å². The molecule has 2 aromatic carbocycles. The second-order valence-electron chi connectivity index (χ2n) is 6.01. The first kappa shape index (κ1) is 16.5. The molecular weight excluding hydrogens is 342 g/mol. The van der Waals surface area contributed by atoms with Gasteiger partial charge in [0.25, 0.3) is 5.56 Å². The number of para-hydroxylation sites is 1. The predicted molar refractivity (Wildman–Crippen MR) is 101 cm³/mol. The number of hydrogen-bond acceptors (Lipinski definition) is 5. The molecule has 2 aromatic heterocycles. The first-order chi connectivity index (χ1) is 13.1. The third-order valence-corrected chi connectivity index (χ3v) is 4.42. The van der Waals surface area contributed by atoms with Crippen LogP contribution in [-0.2, 0) is 0 Å². The molecule has 7 nitrogen and oxygen atoms in total. The first-order valence-electron chi connectivity index (χ1n) is 8.26. The van der Waals surface area contributed by atoms with Crippen LogP contribution in [0.3, 0.4) is 0 Å². The molecule has 0 fully saturated rings. The number of nitrogens with one attached hydrogen (secondary N) is 1. The Morgan fingerprint density at radius 2 is 1.89 bits per heavy atom. The summed E-state index contributed by atoms with van der Waals surface area (Å²) < 4.78 is 6.86. The number of fused-ring (bicyclic) bond motifs is 1. The largest absolute Gasteiger partial charge is 0.497 e. The quantitative estimate of drug-likeness (QED) is 0.608. The number of nitrogens with zero attached hydrogens (tertiary/aromatic N) is 4. The molecule has 2 heterocycles. The van der Waals surface area contributed by atoms with E-state index in [1.807, 2.05) is 42.5 Å². The monoisotopic (exact) mass is 357 g/mol. The molecule has 4 rings (SSSR count). The lowest BCUT2D eigenvalue weighted by atomic mass is 9.98. The molecule has 0 unspecified atom stereocenters. The van der Waals surface area contributed by atoms with Crippen LogP contribution in [0.1, 0.15) is 11.3 Å². The summed E-state index contributed by atoms with van der Waals surface area (Å²) in [6, 6.07) is 16.8. The number of H-pyrrole nitrogens is 1. The van der Waals surface area contributed by atoms with E-state index >= 15 is 0 Å². The zero-order chi connectivity index (χ0) is 19.0. The highest BCUT2D eigenvalue weighted by molar-refractivity contribution is 5.84. The Kier molecular flexibility index (Phi) is 3.94. The molecule has 27 heavy (non-hydrogen) atoms. The Bertz CT molecular complexity index is 1250. The zero-order valence-electron chi connectivity index (χ0n) is 14.7. The van der Waals surface area contributed by atoms with Crippen molar-refractivity contribution < 1.29 is 4.74 Å². The maximum absolute atomic E-state index is 12.4. The first-order valence-corrected chi connectivity index (χ1v) is 8.26. The number of benzene rings is 2. The van der Waals surface area contributed by atoms with Gasteiger partial charge in [-0.1, -0.05) is 29.5 Å². The van der Waals surface area contributed by atoms with Crippen molar-refractivity contribution >= 4 is 11.0 Å². The molecule has 0 spiro atoms. The number of aromatic amines is 1. The molecule has 0 aliphatic heterocycles. The minimum absolute atomic E-state index is 0.0281. The summed E-state index contributed by atoms with van der Waals surface area (Å²) in [7, 11) is 1.58. The molecule has 0 saturated carbocycles. The molecule has 0 aliphatic rings. The lowest BCUT2D eigenvalue weighted by Crippen LogP contribution is -2.17. The van der Waals surface area contributed by atoms with Crippen LogP contribution in [0.2, 0.25) is 0 Å². The van der Waals surface area contributed by atoms with Crippen molar-refractivity contribution in [3.05, 3.63) is 70.1 Å². The van der Waals surface area contributed by atoms with Crippen molar-refractivity contribution in [1.82, 2.24) is 20.0 Å². The molecule has 0 aliphatic carbocycles. The van der Waals surface area contributed by atoms with Crippen molar-refractivity contribution in [2.75, 3.05) is 7.11 Å². The van der Waals surface area contributed by atoms with Crippen molar-refractivity contribution in [2.45, 2.75) is 6.92 Å². The van der Waals surface area contributed by atoms with E-state index in [9.17, 15) is 10.1 Å². The fourth-order valence-corrected chi connectivity index (χ4v) is 3.16. The lowest BCUT2D eigenvalue weighted by Gasteiger charge is -2.15. The van der Waals surface area contributed by atoms with Crippen LogP contribution in [0.4, 0.5) is 0 Å². The Hall–Kier alpha value is -3.92. The standard InChI is InChI=1S/C20H15N5O2/c1-12-19(25-17-6-4-3-5-16(17)23-24-25)18(15(11-21)20(26)22-12)13-7-9-14(27-2)10-8-13/h3-10H,1-2H3,(H,22,26). The van der Waals surface area contributed by atoms with Crippen molar-refractivity contribution in [3.63, 3.8) is 0 Å². The average molecular weight is 357 g/mol. The second-order valence-corrected chi connectivity index (χ2v) is 6.01. The summed E-state index contributed by atoms with van der Waals surface area (Å²) in [5, 5.41) is 18.1. The van der Waals surface area contributed by atoms with E-state index in [1.165, 1.54) is 0 Å². The van der Waals surface area contributed by atoms with Gasteiger partial charge in [0.2, 0.25) is 0 Å². The minimum atomic E-state index is -0.436. The molecule has 0 saturated heterocycles. The number of pyridine rings is 1. The molecular formula is C20H15N5O2. The van der Waals surface area contributed by atoms with Gasteiger partial charge in [0, 0.05) is 11.3 Å². The summed E-state index contributed by atoms with van der Waals surface area (Å²) in [4.78, 5) is 15.2. The number of aryl methyl sites for hydroxylation is 1. The number of nitriles is 1. The highest BCUT2D eigenvalue weighted by atomic mass is 16.5. The Morgan fingerprint density at radius 1 is 1.15 bits per heavy atom. The van der Waals surface area contributed by atoms with E-state index < -0.39 is 5.56 Å². The normalized spacial score (nSPS) is 10.7. The lowest BCUT2D eigenvalue weighted by molar-refractivity contribution is 0.415. The van der Waals surface area contributed by atoms with E-state index in [0.717, 1.165) is 16.6 Å². The van der Waals surface area contributed by atoms with Gasteiger partial charge in [-0.2, -0.15) is 5.26 Å². The Morgan fingerprint density at radius 3 is 2.59 bits per heavy atom. The molecule has 132 valence electrons. The van der Waals surface area contributed by atoms with Gasteiger partial charge in [-0.15, -0.1) is 5.10 Å². The van der Waals surface area contributed by atoms with E-state index in [0.29, 0.717) is 22.7 Å². The number of ether oxygens (including phenoxy) is 1. The van der Waals surface area contributed by atoms with Crippen LogP contribution in [0.5, 0.6) is 5.75 Å². The van der Waals surface area contributed by atoms with Crippen molar-refractivity contribution in [1.29, 1.82) is 5.26 Å². The van der Waals surface area contributed by atoms with E-state index in [2.05, 4.69) is 15.3 Å². The molecule has 0 amide bonds. The molecule has 0 atom stereocenters. The number of rotatable bonds is 3. The van der Waals surface area contributed by atoms with Crippen molar-refractivity contribution in [3.8, 4) is 28.6 Å². The summed E-state index contributed by atoms with van der Waals surface area (Å²) in [5.74, 6) is 0.687. The van der Waals surface area contributed by atoms with Crippen LogP contribution < -0.4 is 10.3 Å². The fourth-order valence-electron chi connectivity index (χ4n) is 3.16. The smallest absolute Gasteiger partial charge is 0.266 e. The zero-order valence-corrected chi connectivity index (χ0v) is 14.7. The van der Waals surface area contributed by atoms with Gasteiger partial charge in [0.1, 0.15) is 22.9 Å². The van der Waals surface area contributed by atoms with Gasteiger partial charge < -0.3 is 9.72 Å². The maximum atomic E-state index is 12.4. The summed E-state index contributed by atoms with van der Waals surface area (Å²) >= 11 is 0. The van der Waals surface area contributed by atoms with Crippen LogP contribution in [-0.4, -0.2) is 27.1 Å². The molecule has 0 radical (unpaired) electrons.